The van der Waals surface area contributed by atoms with E-state index in [0.717, 1.165) is 0 Å². The monoisotopic (exact) mass is 478 g/mol. The Bertz CT molecular complexity index is 1130. The van der Waals surface area contributed by atoms with Crippen molar-refractivity contribution in [3.8, 4) is 5.75 Å². The van der Waals surface area contributed by atoms with E-state index < -0.39 is 12.1 Å². The van der Waals surface area contributed by atoms with Gasteiger partial charge >= 0.3 is 0 Å². The Morgan fingerprint density at radius 1 is 0.914 bits per heavy atom. The van der Waals surface area contributed by atoms with E-state index in [1.165, 1.54) is 17.3 Å². The lowest BCUT2D eigenvalue weighted by atomic mass is 10.0. The van der Waals surface area contributed by atoms with Crippen molar-refractivity contribution in [3.63, 3.8) is 0 Å². The van der Waals surface area contributed by atoms with E-state index in [-0.39, 0.29) is 23.6 Å². The number of hydrogen-bond acceptors (Lipinski definition) is 6. The van der Waals surface area contributed by atoms with Crippen LogP contribution in [0.3, 0.4) is 0 Å². The standard InChI is InChI=1S/C25H30N6O4/c1-5-35-21-12-6-18(7-13-21)24(33)30-22(16(2)3)25(34)29-20-10-8-19(9-11-20)28-23(32)17(4)31-15-26-14-27-31/h6-17,22H,5H2,1-4H3,(H,28,32)(H,29,34)(H,30,33). The molecule has 2 atom stereocenters. The highest BCUT2D eigenvalue weighted by Crippen LogP contribution is 2.17. The van der Waals surface area contributed by atoms with E-state index in [4.69, 9.17) is 4.74 Å². The zero-order valence-electron chi connectivity index (χ0n) is 20.2. The van der Waals surface area contributed by atoms with Crippen molar-refractivity contribution in [3.05, 3.63) is 66.7 Å². The number of nitrogens with zero attached hydrogens (tertiary/aromatic N) is 3. The zero-order chi connectivity index (χ0) is 25.4. The molecule has 3 rings (SSSR count). The van der Waals surface area contributed by atoms with Crippen LogP contribution in [0.4, 0.5) is 11.4 Å². The lowest BCUT2D eigenvalue weighted by molar-refractivity contribution is -0.119. The van der Waals surface area contributed by atoms with Gasteiger partial charge in [0.05, 0.1) is 6.61 Å². The molecule has 0 aliphatic rings. The van der Waals surface area contributed by atoms with Crippen molar-refractivity contribution in [2.45, 2.75) is 39.8 Å². The van der Waals surface area contributed by atoms with Gasteiger partial charge in [-0.15, -0.1) is 0 Å². The molecule has 0 bridgehead atoms. The van der Waals surface area contributed by atoms with Crippen LogP contribution in [0.5, 0.6) is 5.75 Å². The lowest BCUT2D eigenvalue weighted by Gasteiger charge is -2.22. The number of carbonyl (C=O) groups is 3. The van der Waals surface area contributed by atoms with Crippen molar-refractivity contribution in [2.75, 3.05) is 17.2 Å². The van der Waals surface area contributed by atoms with Gasteiger partial charge in [-0.3, -0.25) is 14.4 Å². The van der Waals surface area contributed by atoms with Crippen LogP contribution in [0.1, 0.15) is 44.1 Å². The molecule has 1 aromatic heterocycles. The summed E-state index contributed by atoms with van der Waals surface area (Å²) in [5.74, 6) is -0.394. The highest BCUT2D eigenvalue weighted by molar-refractivity contribution is 6.01. The molecule has 2 unspecified atom stereocenters. The largest absolute Gasteiger partial charge is 0.494 e. The lowest BCUT2D eigenvalue weighted by Crippen LogP contribution is -2.47. The van der Waals surface area contributed by atoms with Crippen LogP contribution in [0.2, 0.25) is 0 Å². The van der Waals surface area contributed by atoms with E-state index in [2.05, 4.69) is 26.0 Å². The van der Waals surface area contributed by atoms with Crippen molar-refractivity contribution >= 4 is 29.1 Å². The smallest absolute Gasteiger partial charge is 0.251 e. The molecule has 0 aliphatic carbocycles. The minimum Gasteiger partial charge on any atom is -0.494 e. The molecule has 0 saturated heterocycles. The topological polar surface area (TPSA) is 127 Å². The molecule has 3 aromatic rings. The normalized spacial score (nSPS) is 12.5. The number of nitrogens with one attached hydrogen (secondary N) is 3. The molecule has 0 spiro atoms. The van der Waals surface area contributed by atoms with Gasteiger partial charge in [0.25, 0.3) is 5.91 Å². The fraction of sp³-hybridized carbons (Fsp3) is 0.320. The molecule has 184 valence electrons. The van der Waals surface area contributed by atoms with Gasteiger partial charge in [-0.1, -0.05) is 13.8 Å². The number of benzene rings is 2. The Kier molecular flexibility index (Phi) is 8.55. The zero-order valence-corrected chi connectivity index (χ0v) is 20.2. The van der Waals surface area contributed by atoms with Crippen LogP contribution < -0.4 is 20.7 Å². The fourth-order valence-corrected chi connectivity index (χ4v) is 3.27. The maximum absolute atomic E-state index is 12.9. The second-order valence-corrected chi connectivity index (χ2v) is 8.26. The number of ether oxygens (including phenoxy) is 1. The summed E-state index contributed by atoms with van der Waals surface area (Å²) in [4.78, 5) is 41.8. The van der Waals surface area contributed by atoms with E-state index in [1.807, 2.05) is 20.8 Å². The molecule has 0 saturated carbocycles. The summed E-state index contributed by atoms with van der Waals surface area (Å²) < 4.78 is 6.85. The Balaban J connectivity index is 1.59. The summed E-state index contributed by atoms with van der Waals surface area (Å²) in [6, 6.07) is 12.2. The van der Waals surface area contributed by atoms with Gasteiger partial charge in [0, 0.05) is 16.9 Å². The minimum atomic E-state index is -0.739. The molecule has 3 N–H and O–H groups in total. The molecule has 10 nitrogen and oxygen atoms in total. The number of aromatic nitrogens is 3. The maximum atomic E-state index is 12.9. The molecule has 2 aromatic carbocycles. The molecule has 35 heavy (non-hydrogen) atoms. The van der Waals surface area contributed by atoms with E-state index >= 15 is 0 Å². The van der Waals surface area contributed by atoms with Crippen molar-refractivity contribution in [1.29, 1.82) is 0 Å². The first-order valence-electron chi connectivity index (χ1n) is 11.4. The van der Waals surface area contributed by atoms with E-state index in [0.29, 0.717) is 29.3 Å². The summed E-state index contributed by atoms with van der Waals surface area (Å²) in [5, 5.41) is 12.4. The van der Waals surface area contributed by atoms with Crippen molar-refractivity contribution in [2.24, 2.45) is 5.92 Å². The predicted molar refractivity (Wildman–Crippen MR) is 132 cm³/mol. The molecule has 0 aliphatic heterocycles. The molecule has 0 fully saturated rings. The summed E-state index contributed by atoms with van der Waals surface area (Å²) >= 11 is 0. The third kappa shape index (κ3) is 6.89. The summed E-state index contributed by atoms with van der Waals surface area (Å²) in [5.41, 5.74) is 1.55. The van der Waals surface area contributed by atoms with Gasteiger partial charge in [-0.2, -0.15) is 5.10 Å². The summed E-state index contributed by atoms with van der Waals surface area (Å²) in [6.45, 7) is 7.86. The van der Waals surface area contributed by atoms with Crippen LogP contribution >= 0.6 is 0 Å². The fourth-order valence-electron chi connectivity index (χ4n) is 3.27. The third-order valence-electron chi connectivity index (χ3n) is 5.30. The van der Waals surface area contributed by atoms with Gasteiger partial charge in [-0.05, 0) is 68.3 Å². The first-order chi connectivity index (χ1) is 16.8. The second kappa shape index (κ2) is 11.8. The minimum absolute atomic E-state index is 0.140. The third-order valence-corrected chi connectivity index (χ3v) is 5.30. The van der Waals surface area contributed by atoms with Crippen LogP contribution in [0.15, 0.2) is 61.2 Å². The van der Waals surface area contributed by atoms with Crippen LogP contribution in [-0.2, 0) is 9.59 Å². The van der Waals surface area contributed by atoms with Gasteiger partial charge in [-0.25, -0.2) is 9.67 Å². The SMILES string of the molecule is CCOc1ccc(C(=O)NC(C(=O)Nc2ccc(NC(=O)C(C)n3cncn3)cc2)C(C)C)cc1. The Hall–Kier alpha value is -4.21. The number of anilines is 2. The number of hydrogen-bond donors (Lipinski definition) is 3. The van der Waals surface area contributed by atoms with Gasteiger partial charge in [0.15, 0.2) is 0 Å². The number of amides is 3. The molecular weight excluding hydrogens is 448 g/mol. The first kappa shape index (κ1) is 25.4. The van der Waals surface area contributed by atoms with Gasteiger partial charge < -0.3 is 20.7 Å². The molecular formula is C25H30N6O4. The highest BCUT2D eigenvalue weighted by Gasteiger charge is 2.25. The van der Waals surface area contributed by atoms with Gasteiger partial charge in [0.1, 0.15) is 30.5 Å². The van der Waals surface area contributed by atoms with Crippen molar-refractivity contribution < 1.29 is 19.1 Å². The van der Waals surface area contributed by atoms with Crippen LogP contribution in [0, 0.1) is 5.92 Å². The second-order valence-electron chi connectivity index (χ2n) is 8.26. The first-order valence-corrected chi connectivity index (χ1v) is 11.4. The molecule has 1 heterocycles. The Morgan fingerprint density at radius 2 is 1.51 bits per heavy atom. The summed E-state index contributed by atoms with van der Waals surface area (Å²) in [6.07, 6.45) is 2.84. The average molecular weight is 479 g/mol. The number of carbonyl (C=O) groups excluding carboxylic acids is 3. The molecule has 3 amide bonds. The van der Waals surface area contributed by atoms with Crippen LogP contribution in [-0.4, -0.2) is 45.1 Å². The Morgan fingerprint density at radius 3 is 2.03 bits per heavy atom. The van der Waals surface area contributed by atoms with Gasteiger partial charge in [0.2, 0.25) is 11.8 Å². The molecule has 0 radical (unpaired) electrons. The average Bonchev–Trinajstić information content (AvgIpc) is 3.38. The van der Waals surface area contributed by atoms with Crippen molar-refractivity contribution in [1.82, 2.24) is 20.1 Å². The number of rotatable bonds is 10. The highest BCUT2D eigenvalue weighted by atomic mass is 16.5. The Labute approximate surface area is 204 Å². The quantitative estimate of drug-likeness (QED) is 0.410. The van der Waals surface area contributed by atoms with Crippen LogP contribution in [0.25, 0.3) is 0 Å². The predicted octanol–water partition coefficient (Wildman–Crippen LogP) is 3.27. The van der Waals surface area contributed by atoms with E-state index in [1.54, 1.807) is 55.5 Å². The molecule has 10 heteroatoms. The van der Waals surface area contributed by atoms with E-state index in [9.17, 15) is 14.4 Å². The maximum Gasteiger partial charge on any atom is 0.251 e. The summed E-state index contributed by atoms with van der Waals surface area (Å²) in [7, 11) is 0.